The van der Waals surface area contributed by atoms with E-state index in [1.54, 1.807) is 17.3 Å². The van der Waals surface area contributed by atoms with Crippen LogP contribution < -0.4 is 9.64 Å². The van der Waals surface area contributed by atoms with Gasteiger partial charge in [0.15, 0.2) is 11.7 Å². The minimum Gasteiger partial charge on any atom is -0.484 e. The quantitative estimate of drug-likeness (QED) is 0.285. The van der Waals surface area contributed by atoms with Crippen molar-refractivity contribution in [2.45, 2.75) is 13.5 Å². The van der Waals surface area contributed by atoms with Gasteiger partial charge in [-0.3, -0.25) is 14.7 Å². The molecule has 0 saturated carbocycles. The SMILES string of the molecule is Cc1ccc(Cl)c2sc(N(Cc3cccnc3)C(=O)COc3ccc4ccccc4c3)nc12. The number of fused-ring (bicyclic) bond motifs is 2. The number of carbonyl (C=O) groups excluding carboxylic acids is 1. The number of halogens is 1. The highest BCUT2D eigenvalue weighted by atomic mass is 35.5. The molecule has 0 saturated heterocycles. The summed E-state index contributed by atoms with van der Waals surface area (Å²) in [5, 5.41) is 3.39. The molecule has 5 nitrogen and oxygen atoms in total. The highest BCUT2D eigenvalue weighted by Crippen LogP contribution is 2.36. The number of pyridine rings is 1. The van der Waals surface area contributed by atoms with Crippen LogP contribution in [0, 0.1) is 6.92 Å². The second kappa shape index (κ2) is 9.17. The van der Waals surface area contributed by atoms with Crippen LogP contribution in [0.3, 0.4) is 0 Å². The first kappa shape index (κ1) is 21.4. The zero-order valence-corrected chi connectivity index (χ0v) is 19.4. The minimum absolute atomic E-state index is 0.110. The molecule has 33 heavy (non-hydrogen) atoms. The highest BCUT2D eigenvalue weighted by molar-refractivity contribution is 7.23. The molecule has 2 heterocycles. The number of rotatable bonds is 6. The molecule has 0 atom stereocenters. The number of aryl methyl sites for hydroxylation is 1. The van der Waals surface area contributed by atoms with Gasteiger partial charge in [0.1, 0.15) is 5.75 Å². The van der Waals surface area contributed by atoms with Crippen molar-refractivity contribution in [2.24, 2.45) is 0 Å². The molecule has 1 amide bonds. The average Bonchev–Trinajstić information content (AvgIpc) is 3.30. The standard InChI is InChI=1S/C26H20ClN3O2S/c1-17-8-11-22(27)25-24(17)29-26(33-25)30(15-18-5-4-12-28-14-18)23(31)16-32-21-10-9-19-6-2-3-7-20(19)13-21/h2-14H,15-16H2,1H3. The van der Waals surface area contributed by atoms with E-state index in [9.17, 15) is 4.79 Å². The summed E-state index contributed by atoms with van der Waals surface area (Å²) in [5.41, 5.74) is 2.72. The van der Waals surface area contributed by atoms with Gasteiger partial charge < -0.3 is 4.74 Å². The summed E-state index contributed by atoms with van der Waals surface area (Å²) >= 11 is 7.81. The van der Waals surface area contributed by atoms with E-state index in [4.69, 9.17) is 21.3 Å². The number of thiazole rings is 1. The number of nitrogens with zero attached hydrogens (tertiary/aromatic N) is 3. The van der Waals surface area contributed by atoms with E-state index in [1.165, 1.54) is 11.3 Å². The van der Waals surface area contributed by atoms with E-state index in [-0.39, 0.29) is 12.5 Å². The third-order valence-corrected chi connectivity index (χ3v) is 6.90. The van der Waals surface area contributed by atoms with Crippen LogP contribution in [0.15, 0.2) is 79.1 Å². The maximum atomic E-state index is 13.3. The van der Waals surface area contributed by atoms with Gasteiger partial charge in [0.2, 0.25) is 0 Å². The van der Waals surface area contributed by atoms with Gasteiger partial charge in [0.05, 0.1) is 21.8 Å². The Kier molecular flexibility index (Phi) is 5.94. The van der Waals surface area contributed by atoms with Gasteiger partial charge in [0, 0.05) is 12.4 Å². The highest BCUT2D eigenvalue weighted by Gasteiger charge is 2.22. The van der Waals surface area contributed by atoms with E-state index < -0.39 is 0 Å². The van der Waals surface area contributed by atoms with Crippen molar-refractivity contribution in [3.8, 4) is 5.75 Å². The lowest BCUT2D eigenvalue weighted by molar-refractivity contribution is -0.120. The largest absolute Gasteiger partial charge is 0.484 e. The van der Waals surface area contributed by atoms with Crippen LogP contribution in [-0.2, 0) is 11.3 Å². The molecule has 5 aromatic rings. The number of anilines is 1. The van der Waals surface area contributed by atoms with Gasteiger partial charge in [-0.25, -0.2) is 4.98 Å². The van der Waals surface area contributed by atoms with Crippen molar-refractivity contribution >= 4 is 55.0 Å². The maximum absolute atomic E-state index is 13.3. The van der Waals surface area contributed by atoms with Crippen molar-refractivity contribution in [1.82, 2.24) is 9.97 Å². The van der Waals surface area contributed by atoms with Gasteiger partial charge >= 0.3 is 0 Å². The fraction of sp³-hybridized carbons (Fsp3) is 0.115. The molecular weight excluding hydrogens is 454 g/mol. The summed E-state index contributed by atoms with van der Waals surface area (Å²) in [6.45, 7) is 2.21. The molecule has 0 spiro atoms. The molecule has 0 aliphatic rings. The number of amides is 1. The van der Waals surface area contributed by atoms with E-state index in [2.05, 4.69) is 4.98 Å². The summed E-state index contributed by atoms with van der Waals surface area (Å²) in [5.74, 6) is 0.450. The Balaban J connectivity index is 1.44. The molecule has 0 aliphatic carbocycles. The molecule has 164 valence electrons. The lowest BCUT2D eigenvalue weighted by atomic mass is 10.1. The molecule has 5 rings (SSSR count). The lowest BCUT2D eigenvalue weighted by Gasteiger charge is -2.20. The van der Waals surface area contributed by atoms with E-state index in [0.29, 0.717) is 22.4 Å². The van der Waals surface area contributed by atoms with Crippen LogP contribution in [0.25, 0.3) is 21.0 Å². The van der Waals surface area contributed by atoms with Crippen molar-refractivity contribution in [1.29, 1.82) is 0 Å². The number of hydrogen-bond donors (Lipinski definition) is 0. The number of hydrogen-bond acceptors (Lipinski definition) is 5. The second-order valence-electron chi connectivity index (χ2n) is 7.68. The predicted molar refractivity (Wildman–Crippen MR) is 134 cm³/mol. The summed E-state index contributed by atoms with van der Waals surface area (Å²) in [6, 6.07) is 21.4. The molecular formula is C26H20ClN3O2S. The number of ether oxygens (including phenoxy) is 1. The molecule has 7 heteroatoms. The number of carbonyl (C=O) groups is 1. The Morgan fingerprint density at radius 3 is 2.70 bits per heavy atom. The van der Waals surface area contributed by atoms with Gasteiger partial charge in [-0.2, -0.15) is 0 Å². The van der Waals surface area contributed by atoms with Crippen LogP contribution in [0.5, 0.6) is 5.75 Å². The number of aromatic nitrogens is 2. The molecule has 0 unspecified atom stereocenters. The Hall–Kier alpha value is -3.48. The fourth-order valence-corrected chi connectivity index (χ4v) is 4.96. The predicted octanol–water partition coefficient (Wildman–Crippen LogP) is 6.42. The summed E-state index contributed by atoms with van der Waals surface area (Å²) in [7, 11) is 0. The second-order valence-corrected chi connectivity index (χ2v) is 9.06. The summed E-state index contributed by atoms with van der Waals surface area (Å²) in [6.07, 6.45) is 3.45. The van der Waals surface area contributed by atoms with Crippen molar-refractivity contribution in [3.05, 3.63) is 95.3 Å². The smallest absolute Gasteiger partial charge is 0.267 e. The Morgan fingerprint density at radius 1 is 1.06 bits per heavy atom. The van der Waals surface area contributed by atoms with Crippen LogP contribution >= 0.6 is 22.9 Å². The van der Waals surface area contributed by atoms with Crippen molar-refractivity contribution in [3.63, 3.8) is 0 Å². The minimum atomic E-state index is -0.195. The third-order valence-electron chi connectivity index (χ3n) is 5.36. The van der Waals surface area contributed by atoms with Crippen LogP contribution in [0.2, 0.25) is 5.02 Å². The molecule has 0 radical (unpaired) electrons. The van der Waals surface area contributed by atoms with Crippen molar-refractivity contribution in [2.75, 3.05) is 11.5 Å². The molecule has 0 N–H and O–H groups in total. The van der Waals surface area contributed by atoms with E-state index >= 15 is 0 Å². The summed E-state index contributed by atoms with van der Waals surface area (Å²) in [4.78, 5) is 23.9. The maximum Gasteiger partial charge on any atom is 0.267 e. The molecule has 2 aromatic heterocycles. The zero-order chi connectivity index (χ0) is 22.8. The van der Waals surface area contributed by atoms with Gasteiger partial charge in [0.25, 0.3) is 5.91 Å². The first-order chi connectivity index (χ1) is 16.1. The Morgan fingerprint density at radius 2 is 1.91 bits per heavy atom. The van der Waals surface area contributed by atoms with Crippen LogP contribution in [0.1, 0.15) is 11.1 Å². The molecule has 3 aromatic carbocycles. The molecule has 0 fully saturated rings. The zero-order valence-electron chi connectivity index (χ0n) is 17.9. The normalized spacial score (nSPS) is 11.1. The Labute approximate surface area is 200 Å². The fourth-order valence-electron chi connectivity index (χ4n) is 3.62. The van der Waals surface area contributed by atoms with Gasteiger partial charge in [-0.05, 0) is 53.1 Å². The first-order valence-electron chi connectivity index (χ1n) is 10.4. The first-order valence-corrected chi connectivity index (χ1v) is 11.6. The van der Waals surface area contributed by atoms with Crippen molar-refractivity contribution < 1.29 is 9.53 Å². The topological polar surface area (TPSA) is 55.3 Å². The third kappa shape index (κ3) is 4.53. The average molecular weight is 474 g/mol. The lowest BCUT2D eigenvalue weighted by Crippen LogP contribution is -2.34. The molecule has 0 bridgehead atoms. The van der Waals surface area contributed by atoms with Crippen LogP contribution in [-0.4, -0.2) is 22.5 Å². The van der Waals surface area contributed by atoms with E-state index in [1.807, 2.05) is 73.7 Å². The molecule has 0 aliphatic heterocycles. The summed E-state index contributed by atoms with van der Waals surface area (Å²) < 4.78 is 6.75. The van der Waals surface area contributed by atoms with E-state index in [0.717, 1.165) is 32.1 Å². The van der Waals surface area contributed by atoms with Gasteiger partial charge in [-0.1, -0.05) is 65.4 Å². The monoisotopic (exact) mass is 473 g/mol. The van der Waals surface area contributed by atoms with Crippen LogP contribution in [0.4, 0.5) is 5.13 Å². The Bertz CT molecular complexity index is 1410. The van der Waals surface area contributed by atoms with Gasteiger partial charge in [-0.15, -0.1) is 0 Å². The number of benzene rings is 3.